The standard InChI is InChI=1S/C17H22N2O3/c1-12-7-4-5-8-14(12)13(2)19-16(20)18-11-17(3,21)15-9-6-10-22-15/h4-10,13,21H,11H2,1-3H3,(H2,18,19,20). The second-order valence-corrected chi connectivity index (χ2v) is 5.66. The van der Waals surface area contributed by atoms with Crippen molar-refractivity contribution in [3.63, 3.8) is 0 Å². The molecule has 2 amide bonds. The van der Waals surface area contributed by atoms with Crippen LogP contribution in [0.25, 0.3) is 0 Å². The van der Waals surface area contributed by atoms with Gasteiger partial charge in [-0.3, -0.25) is 0 Å². The van der Waals surface area contributed by atoms with Gasteiger partial charge in [-0.25, -0.2) is 4.79 Å². The molecule has 5 heteroatoms. The van der Waals surface area contributed by atoms with Crippen LogP contribution in [0.5, 0.6) is 0 Å². The highest BCUT2D eigenvalue weighted by Gasteiger charge is 2.27. The summed E-state index contributed by atoms with van der Waals surface area (Å²) in [5, 5.41) is 15.8. The van der Waals surface area contributed by atoms with Gasteiger partial charge >= 0.3 is 6.03 Å². The molecule has 3 N–H and O–H groups in total. The second-order valence-electron chi connectivity index (χ2n) is 5.66. The molecule has 0 radical (unpaired) electrons. The van der Waals surface area contributed by atoms with Crippen molar-refractivity contribution in [2.75, 3.05) is 6.54 Å². The van der Waals surface area contributed by atoms with E-state index in [0.29, 0.717) is 5.76 Å². The van der Waals surface area contributed by atoms with Crippen LogP contribution in [0.3, 0.4) is 0 Å². The van der Waals surface area contributed by atoms with Gasteiger partial charge in [-0.05, 0) is 44.0 Å². The van der Waals surface area contributed by atoms with Crippen molar-refractivity contribution < 1.29 is 14.3 Å². The molecule has 2 rings (SSSR count). The zero-order valence-electron chi connectivity index (χ0n) is 13.1. The van der Waals surface area contributed by atoms with Crippen LogP contribution in [0.2, 0.25) is 0 Å². The van der Waals surface area contributed by atoms with Crippen LogP contribution >= 0.6 is 0 Å². The van der Waals surface area contributed by atoms with Crippen LogP contribution < -0.4 is 10.6 Å². The number of furan rings is 1. The quantitative estimate of drug-likeness (QED) is 0.795. The molecule has 22 heavy (non-hydrogen) atoms. The molecule has 0 spiro atoms. The molecule has 0 aliphatic rings. The third-order valence-corrected chi connectivity index (χ3v) is 3.65. The van der Waals surface area contributed by atoms with Gasteiger partial charge in [0.15, 0.2) is 0 Å². The highest BCUT2D eigenvalue weighted by Crippen LogP contribution is 2.20. The van der Waals surface area contributed by atoms with E-state index >= 15 is 0 Å². The first-order valence-electron chi connectivity index (χ1n) is 7.26. The van der Waals surface area contributed by atoms with Crippen molar-refractivity contribution in [2.45, 2.75) is 32.4 Å². The van der Waals surface area contributed by atoms with Gasteiger partial charge < -0.3 is 20.2 Å². The molecule has 0 aliphatic heterocycles. The van der Waals surface area contributed by atoms with Crippen molar-refractivity contribution >= 4 is 6.03 Å². The Labute approximate surface area is 130 Å². The lowest BCUT2D eigenvalue weighted by Gasteiger charge is -2.22. The Morgan fingerprint density at radius 3 is 2.68 bits per heavy atom. The van der Waals surface area contributed by atoms with Gasteiger partial charge in [0.2, 0.25) is 0 Å². The van der Waals surface area contributed by atoms with E-state index in [1.807, 2.05) is 38.1 Å². The lowest BCUT2D eigenvalue weighted by atomic mass is 10.0. The minimum Gasteiger partial charge on any atom is -0.466 e. The van der Waals surface area contributed by atoms with E-state index in [2.05, 4.69) is 10.6 Å². The van der Waals surface area contributed by atoms with Crippen molar-refractivity contribution in [1.82, 2.24) is 10.6 Å². The Kier molecular flexibility index (Phi) is 4.88. The molecule has 1 heterocycles. The zero-order chi connectivity index (χ0) is 16.2. The lowest BCUT2D eigenvalue weighted by Crippen LogP contribution is -2.44. The minimum absolute atomic E-state index is 0.0623. The maximum absolute atomic E-state index is 12.0. The monoisotopic (exact) mass is 302 g/mol. The maximum Gasteiger partial charge on any atom is 0.315 e. The van der Waals surface area contributed by atoms with E-state index in [1.54, 1.807) is 19.1 Å². The fourth-order valence-corrected chi connectivity index (χ4v) is 2.32. The number of carbonyl (C=O) groups is 1. The lowest BCUT2D eigenvalue weighted by molar-refractivity contribution is 0.0366. The van der Waals surface area contributed by atoms with Gasteiger partial charge in [-0.2, -0.15) is 0 Å². The number of hydrogen-bond donors (Lipinski definition) is 3. The van der Waals surface area contributed by atoms with Gasteiger partial charge in [-0.15, -0.1) is 0 Å². The molecule has 5 nitrogen and oxygen atoms in total. The first-order valence-corrected chi connectivity index (χ1v) is 7.26. The Hall–Kier alpha value is -2.27. The Balaban J connectivity index is 1.89. The van der Waals surface area contributed by atoms with Gasteiger partial charge in [0, 0.05) is 0 Å². The van der Waals surface area contributed by atoms with Crippen LogP contribution in [0.15, 0.2) is 47.1 Å². The Morgan fingerprint density at radius 2 is 2.05 bits per heavy atom. The van der Waals surface area contributed by atoms with Crippen LogP contribution in [0.1, 0.15) is 36.8 Å². The van der Waals surface area contributed by atoms with Crippen molar-refractivity contribution in [1.29, 1.82) is 0 Å². The smallest absolute Gasteiger partial charge is 0.315 e. The number of urea groups is 1. The minimum atomic E-state index is -1.24. The summed E-state index contributed by atoms with van der Waals surface area (Å²) in [5.41, 5.74) is 0.945. The predicted octanol–water partition coefficient (Wildman–Crippen LogP) is 2.86. The van der Waals surface area contributed by atoms with E-state index < -0.39 is 5.60 Å². The summed E-state index contributed by atoms with van der Waals surface area (Å²) in [4.78, 5) is 12.0. The average molecular weight is 302 g/mol. The molecule has 0 saturated heterocycles. The predicted molar refractivity (Wildman–Crippen MR) is 84.4 cm³/mol. The topological polar surface area (TPSA) is 74.5 Å². The molecule has 2 unspecified atom stereocenters. The average Bonchev–Trinajstić information content (AvgIpc) is 3.00. The van der Waals surface area contributed by atoms with Crippen molar-refractivity contribution in [3.05, 3.63) is 59.5 Å². The summed E-state index contributed by atoms with van der Waals surface area (Å²) in [5.74, 6) is 0.416. The summed E-state index contributed by atoms with van der Waals surface area (Å²) >= 11 is 0. The summed E-state index contributed by atoms with van der Waals surface area (Å²) in [7, 11) is 0. The molecular weight excluding hydrogens is 280 g/mol. The number of hydrogen-bond acceptors (Lipinski definition) is 3. The van der Waals surface area contributed by atoms with Crippen LogP contribution in [-0.2, 0) is 5.60 Å². The number of amides is 2. The highest BCUT2D eigenvalue weighted by atomic mass is 16.4. The number of aryl methyl sites for hydroxylation is 1. The summed E-state index contributed by atoms with van der Waals surface area (Å²) in [6.45, 7) is 5.59. The maximum atomic E-state index is 12.0. The Morgan fingerprint density at radius 1 is 1.32 bits per heavy atom. The molecule has 1 aromatic heterocycles. The summed E-state index contributed by atoms with van der Waals surface area (Å²) in [6.07, 6.45) is 1.49. The SMILES string of the molecule is Cc1ccccc1C(C)NC(=O)NCC(C)(O)c1ccco1. The van der Waals surface area contributed by atoms with E-state index in [4.69, 9.17) is 4.42 Å². The van der Waals surface area contributed by atoms with Gasteiger partial charge in [-0.1, -0.05) is 24.3 Å². The third-order valence-electron chi connectivity index (χ3n) is 3.65. The molecule has 2 atom stereocenters. The summed E-state index contributed by atoms with van der Waals surface area (Å²) < 4.78 is 5.18. The van der Waals surface area contributed by atoms with Gasteiger partial charge in [0.1, 0.15) is 11.4 Å². The fourth-order valence-electron chi connectivity index (χ4n) is 2.32. The molecule has 118 valence electrons. The van der Waals surface area contributed by atoms with E-state index in [9.17, 15) is 9.90 Å². The number of aliphatic hydroxyl groups is 1. The number of rotatable bonds is 5. The molecule has 0 aliphatic carbocycles. The molecule has 2 aromatic rings. The molecule has 0 fully saturated rings. The number of benzene rings is 1. The van der Waals surface area contributed by atoms with Crippen LogP contribution in [0, 0.1) is 6.92 Å². The number of carbonyl (C=O) groups excluding carboxylic acids is 1. The Bertz CT molecular complexity index is 621. The fraction of sp³-hybridized carbons (Fsp3) is 0.353. The van der Waals surface area contributed by atoms with E-state index in [0.717, 1.165) is 11.1 Å². The van der Waals surface area contributed by atoms with Gasteiger partial charge in [0.25, 0.3) is 0 Å². The first-order chi connectivity index (χ1) is 10.4. The van der Waals surface area contributed by atoms with Crippen molar-refractivity contribution in [3.8, 4) is 0 Å². The van der Waals surface area contributed by atoms with Gasteiger partial charge in [0.05, 0.1) is 18.8 Å². The normalized spacial score (nSPS) is 14.9. The zero-order valence-corrected chi connectivity index (χ0v) is 13.1. The summed E-state index contributed by atoms with van der Waals surface area (Å²) in [6, 6.07) is 10.8. The third kappa shape index (κ3) is 3.89. The number of nitrogens with one attached hydrogen (secondary N) is 2. The molecule has 1 aromatic carbocycles. The molecular formula is C17H22N2O3. The van der Waals surface area contributed by atoms with E-state index in [-0.39, 0.29) is 18.6 Å². The molecule has 0 saturated carbocycles. The van der Waals surface area contributed by atoms with E-state index in [1.165, 1.54) is 6.26 Å². The second kappa shape index (κ2) is 6.66. The largest absolute Gasteiger partial charge is 0.466 e. The van der Waals surface area contributed by atoms with Crippen molar-refractivity contribution in [2.24, 2.45) is 0 Å². The first kappa shape index (κ1) is 16.1. The van der Waals surface area contributed by atoms with Crippen LogP contribution in [-0.4, -0.2) is 17.7 Å². The van der Waals surface area contributed by atoms with Crippen LogP contribution in [0.4, 0.5) is 4.79 Å². The molecule has 0 bridgehead atoms. The highest BCUT2D eigenvalue weighted by molar-refractivity contribution is 5.74.